The number of hydrogen-bond acceptors (Lipinski definition) is 3. The van der Waals surface area contributed by atoms with Gasteiger partial charge in [0.25, 0.3) is 0 Å². The maximum Gasteiger partial charge on any atom is 0.191 e. The molecule has 0 amide bonds. The van der Waals surface area contributed by atoms with Gasteiger partial charge in [0, 0.05) is 43.7 Å². The maximum atomic E-state index is 6.06. The smallest absolute Gasteiger partial charge is 0.191 e. The Labute approximate surface area is 157 Å². The summed E-state index contributed by atoms with van der Waals surface area (Å²) in [6, 6.07) is 0.785. The molecule has 1 spiro atoms. The van der Waals surface area contributed by atoms with Crippen LogP contribution in [0.1, 0.15) is 46.0 Å². The molecule has 3 fully saturated rings. The monoisotopic (exact) mass is 437 g/mol. The minimum Gasteiger partial charge on any atom is -0.383 e. The largest absolute Gasteiger partial charge is 0.383 e. The van der Waals surface area contributed by atoms with Crippen molar-refractivity contribution in [3.63, 3.8) is 0 Å². The molecule has 5 nitrogen and oxygen atoms in total. The lowest BCUT2D eigenvalue weighted by Crippen LogP contribution is -2.69. The second-order valence-corrected chi connectivity index (χ2v) is 7.13. The van der Waals surface area contributed by atoms with Gasteiger partial charge in [-0.25, -0.2) is 0 Å². The lowest BCUT2D eigenvalue weighted by atomic mass is 9.54. The Morgan fingerprint density at radius 2 is 2.13 bits per heavy atom. The Bertz CT molecular complexity index is 413. The number of nitrogens with one attached hydrogen (secondary N) is 2. The Hall–Kier alpha value is -0.0800. The number of guanidine groups is 1. The molecule has 1 heterocycles. The first-order chi connectivity index (χ1) is 10.7. The molecule has 0 aromatic carbocycles. The molecule has 6 heteroatoms. The van der Waals surface area contributed by atoms with E-state index in [1.54, 1.807) is 7.11 Å². The van der Waals surface area contributed by atoms with Crippen molar-refractivity contribution in [3.8, 4) is 0 Å². The number of methoxy groups -OCH3 is 1. The van der Waals surface area contributed by atoms with Gasteiger partial charge >= 0.3 is 0 Å². The van der Waals surface area contributed by atoms with Crippen molar-refractivity contribution in [2.75, 3.05) is 26.9 Å². The van der Waals surface area contributed by atoms with Gasteiger partial charge in [0.1, 0.15) is 0 Å². The van der Waals surface area contributed by atoms with E-state index in [1.165, 1.54) is 32.1 Å². The molecule has 0 radical (unpaired) electrons. The van der Waals surface area contributed by atoms with Crippen molar-refractivity contribution in [3.05, 3.63) is 0 Å². The Kier molecular flexibility index (Phi) is 6.98. The number of fused-ring (bicyclic) bond motifs is 2. The van der Waals surface area contributed by atoms with Gasteiger partial charge in [0.05, 0.1) is 12.7 Å². The summed E-state index contributed by atoms with van der Waals surface area (Å²) in [6.45, 7) is 6.62. The van der Waals surface area contributed by atoms with Crippen molar-refractivity contribution >= 4 is 29.9 Å². The minimum atomic E-state index is 0. The Morgan fingerprint density at radius 1 is 1.39 bits per heavy atom. The van der Waals surface area contributed by atoms with Crippen LogP contribution in [0.15, 0.2) is 4.99 Å². The molecule has 3 aliphatic rings. The molecule has 23 heavy (non-hydrogen) atoms. The number of hydrogen-bond donors (Lipinski definition) is 2. The van der Waals surface area contributed by atoms with Crippen LogP contribution in [0.4, 0.5) is 0 Å². The number of nitrogens with zero attached hydrogens (tertiary/aromatic N) is 1. The van der Waals surface area contributed by atoms with E-state index in [-0.39, 0.29) is 30.0 Å². The van der Waals surface area contributed by atoms with Crippen LogP contribution in [-0.4, -0.2) is 51.0 Å². The molecule has 1 saturated heterocycles. The average Bonchev–Trinajstić information content (AvgIpc) is 3.13. The summed E-state index contributed by atoms with van der Waals surface area (Å²) in [5.41, 5.74) is 0.363. The van der Waals surface area contributed by atoms with Crippen LogP contribution in [0.2, 0.25) is 0 Å². The predicted octanol–water partition coefficient (Wildman–Crippen LogP) is 2.54. The van der Waals surface area contributed by atoms with Crippen LogP contribution in [0.25, 0.3) is 0 Å². The fourth-order valence-corrected chi connectivity index (χ4v) is 4.87. The van der Waals surface area contributed by atoms with Crippen LogP contribution in [0.3, 0.4) is 0 Å². The van der Waals surface area contributed by atoms with Crippen molar-refractivity contribution < 1.29 is 9.47 Å². The van der Waals surface area contributed by atoms with Crippen LogP contribution < -0.4 is 10.6 Å². The van der Waals surface area contributed by atoms with E-state index in [2.05, 4.69) is 29.5 Å². The standard InChI is InChI=1S/C17H31N3O2.HI/c1-4-18-16(19-12(2)11-21-3)20-14-13-7-10-22-15(13)17(14)8-5-6-9-17;/h12-15H,4-11H2,1-3H3,(H2,18,19,20);1H. The third kappa shape index (κ3) is 3.63. The molecular formula is C17H32IN3O2. The molecule has 2 N–H and O–H groups in total. The first-order valence-electron chi connectivity index (χ1n) is 8.89. The average molecular weight is 437 g/mol. The Balaban J connectivity index is 0.00000192. The van der Waals surface area contributed by atoms with Gasteiger partial charge in [0.2, 0.25) is 0 Å². The van der Waals surface area contributed by atoms with Crippen molar-refractivity contribution in [1.82, 2.24) is 10.6 Å². The molecule has 3 rings (SSSR count). The molecule has 2 saturated carbocycles. The van der Waals surface area contributed by atoms with Gasteiger partial charge in [-0.2, -0.15) is 0 Å². The van der Waals surface area contributed by atoms with Crippen LogP contribution in [0, 0.1) is 11.3 Å². The summed E-state index contributed by atoms with van der Waals surface area (Å²) in [5, 5.41) is 7.23. The van der Waals surface area contributed by atoms with E-state index < -0.39 is 0 Å². The Morgan fingerprint density at radius 3 is 2.78 bits per heavy atom. The second kappa shape index (κ2) is 8.34. The summed E-state index contributed by atoms with van der Waals surface area (Å²) in [5.74, 6) is 1.60. The molecule has 0 aromatic heterocycles. The quantitative estimate of drug-likeness (QED) is 0.395. The van der Waals surface area contributed by atoms with E-state index in [0.717, 1.165) is 19.1 Å². The van der Waals surface area contributed by atoms with Crippen LogP contribution in [-0.2, 0) is 9.47 Å². The van der Waals surface area contributed by atoms with E-state index in [9.17, 15) is 0 Å². The lowest BCUT2D eigenvalue weighted by molar-refractivity contribution is -0.125. The molecule has 134 valence electrons. The van der Waals surface area contributed by atoms with Gasteiger partial charge in [-0.1, -0.05) is 12.8 Å². The van der Waals surface area contributed by atoms with Gasteiger partial charge in [-0.15, -0.1) is 24.0 Å². The fourth-order valence-electron chi connectivity index (χ4n) is 4.87. The lowest BCUT2D eigenvalue weighted by Gasteiger charge is -2.57. The molecule has 1 aliphatic heterocycles. The molecular weight excluding hydrogens is 405 g/mol. The summed E-state index contributed by atoms with van der Waals surface area (Å²) in [6.07, 6.45) is 6.98. The SMILES string of the molecule is CCN=C(NC(C)COC)NC1C2CCOC2C12CCCC2.I. The minimum absolute atomic E-state index is 0. The highest BCUT2D eigenvalue weighted by molar-refractivity contribution is 14.0. The van der Waals surface area contributed by atoms with Gasteiger partial charge in [-0.3, -0.25) is 4.99 Å². The fraction of sp³-hybridized carbons (Fsp3) is 0.941. The van der Waals surface area contributed by atoms with Gasteiger partial charge in [0.15, 0.2) is 5.96 Å². The molecule has 0 aromatic rings. The van der Waals surface area contributed by atoms with Crippen molar-refractivity contribution in [2.24, 2.45) is 16.3 Å². The normalized spacial score (nSPS) is 32.8. The zero-order valence-electron chi connectivity index (χ0n) is 14.6. The number of ether oxygens (including phenoxy) is 2. The maximum absolute atomic E-state index is 6.06. The van der Waals surface area contributed by atoms with Crippen molar-refractivity contribution in [1.29, 1.82) is 0 Å². The van der Waals surface area contributed by atoms with Crippen molar-refractivity contribution in [2.45, 2.75) is 64.1 Å². The number of aliphatic imine (C=N–C) groups is 1. The predicted molar refractivity (Wildman–Crippen MR) is 104 cm³/mol. The van der Waals surface area contributed by atoms with Gasteiger partial charge < -0.3 is 20.1 Å². The van der Waals surface area contributed by atoms with E-state index in [1.807, 2.05) is 0 Å². The number of halogens is 1. The van der Waals surface area contributed by atoms with E-state index >= 15 is 0 Å². The highest BCUT2D eigenvalue weighted by atomic mass is 127. The zero-order chi connectivity index (χ0) is 15.6. The second-order valence-electron chi connectivity index (χ2n) is 7.13. The molecule has 2 aliphatic carbocycles. The zero-order valence-corrected chi connectivity index (χ0v) is 17.0. The molecule has 0 bridgehead atoms. The summed E-state index contributed by atoms with van der Waals surface area (Å²) in [7, 11) is 1.74. The topological polar surface area (TPSA) is 54.9 Å². The summed E-state index contributed by atoms with van der Waals surface area (Å²) < 4.78 is 11.3. The highest BCUT2D eigenvalue weighted by Gasteiger charge is 2.65. The van der Waals surface area contributed by atoms with Crippen LogP contribution >= 0.6 is 24.0 Å². The third-order valence-electron chi connectivity index (χ3n) is 5.69. The van der Waals surface area contributed by atoms with Gasteiger partial charge in [-0.05, 0) is 33.1 Å². The molecule has 4 atom stereocenters. The summed E-state index contributed by atoms with van der Waals surface area (Å²) in [4.78, 5) is 4.64. The molecule has 4 unspecified atom stereocenters. The first-order valence-corrected chi connectivity index (χ1v) is 8.89. The highest BCUT2D eigenvalue weighted by Crippen LogP contribution is 2.60. The van der Waals surface area contributed by atoms with E-state index in [0.29, 0.717) is 30.1 Å². The number of rotatable bonds is 5. The third-order valence-corrected chi connectivity index (χ3v) is 5.69. The van der Waals surface area contributed by atoms with Crippen LogP contribution in [0.5, 0.6) is 0 Å². The summed E-state index contributed by atoms with van der Waals surface area (Å²) >= 11 is 0. The first kappa shape index (κ1) is 19.2. The van der Waals surface area contributed by atoms with E-state index in [4.69, 9.17) is 9.47 Å².